The second kappa shape index (κ2) is 6.36. The summed E-state index contributed by atoms with van der Waals surface area (Å²) in [6.07, 6.45) is 2.50. The minimum Gasteiger partial charge on any atom is -0.497 e. The van der Waals surface area contributed by atoms with Gasteiger partial charge in [0.25, 0.3) is 0 Å². The number of hydrogen-bond donors (Lipinski definition) is 1. The summed E-state index contributed by atoms with van der Waals surface area (Å²) < 4.78 is 5.27. The van der Waals surface area contributed by atoms with E-state index in [1.54, 1.807) is 18.9 Å². The van der Waals surface area contributed by atoms with Crippen LogP contribution in [0.5, 0.6) is 5.75 Å². The molecule has 1 atom stereocenters. The van der Waals surface area contributed by atoms with Gasteiger partial charge in [0.05, 0.1) is 18.0 Å². The molecule has 0 unspecified atom stereocenters. The van der Waals surface area contributed by atoms with Crippen molar-refractivity contribution < 1.29 is 9.53 Å². The summed E-state index contributed by atoms with van der Waals surface area (Å²) in [5, 5.41) is 3.55. The van der Waals surface area contributed by atoms with Crippen molar-refractivity contribution in [1.29, 1.82) is 0 Å². The average Bonchev–Trinajstić information content (AvgIpc) is 2.79. The van der Waals surface area contributed by atoms with Gasteiger partial charge in [0.15, 0.2) is 5.78 Å². The molecule has 3 nitrogen and oxygen atoms in total. The molecule has 1 heterocycles. The van der Waals surface area contributed by atoms with Gasteiger partial charge in [-0.2, -0.15) is 0 Å². The Balaban J connectivity index is 1.83. The highest BCUT2D eigenvalue weighted by Crippen LogP contribution is 2.49. The Labute approximate surface area is 146 Å². The monoisotopic (exact) mass is 337 g/mol. The number of ether oxygens (including phenoxy) is 1. The third-order valence-corrected chi connectivity index (χ3v) is 5.91. The van der Waals surface area contributed by atoms with Crippen LogP contribution in [0.25, 0.3) is 0 Å². The molecule has 1 aliphatic carbocycles. The Morgan fingerprint density at radius 3 is 2.67 bits per heavy atom. The van der Waals surface area contributed by atoms with E-state index < -0.39 is 0 Å². The number of carbonyl (C=O) groups excluding carboxylic acids is 1. The molecule has 0 bridgehead atoms. The third-order valence-electron chi connectivity index (χ3n) is 4.55. The van der Waals surface area contributed by atoms with Gasteiger partial charge in [0, 0.05) is 22.6 Å². The normalized spacial score (nSPS) is 19.9. The summed E-state index contributed by atoms with van der Waals surface area (Å²) in [5.74, 6) is 1.10. The quantitative estimate of drug-likeness (QED) is 0.840. The van der Waals surface area contributed by atoms with E-state index in [0.717, 1.165) is 41.1 Å². The number of thioether (sulfide) groups is 1. The van der Waals surface area contributed by atoms with Crippen LogP contribution in [0.3, 0.4) is 0 Å². The van der Waals surface area contributed by atoms with Crippen LogP contribution < -0.4 is 10.1 Å². The maximum Gasteiger partial charge on any atom is 0.162 e. The fourth-order valence-corrected chi connectivity index (χ4v) is 4.67. The molecule has 0 saturated heterocycles. The summed E-state index contributed by atoms with van der Waals surface area (Å²) in [6.45, 7) is 0. The molecular formula is C20H19NO2S. The first-order valence-electron chi connectivity index (χ1n) is 8.19. The van der Waals surface area contributed by atoms with Crippen LogP contribution in [0.1, 0.15) is 30.1 Å². The number of anilines is 1. The number of allylic oxidation sites excluding steroid dienone is 1. The van der Waals surface area contributed by atoms with E-state index in [9.17, 15) is 4.79 Å². The number of carbonyl (C=O) groups is 1. The minimum absolute atomic E-state index is 0.0230. The van der Waals surface area contributed by atoms with Gasteiger partial charge >= 0.3 is 0 Å². The first-order valence-corrected chi connectivity index (χ1v) is 9.07. The van der Waals surface area contributed by atoms with Crippen LogP contribution in [-0.2, 0) is 4.79 Å². The fourth-order valence-electron chi connectivity index (χ4n) is 3.33. The summed E-state index contributed by atoms with van der Waals surface area (Å²) >= 11 is 1.75. The van der Waals surface area contributed by atoms with Crippen molar-refractivity contribution >= 4 is 23.2 Å². The molecular weight excluding hydrogens is 318 g/mol. The van der Waals surface area contributed by atoms with Gasteiger partial charge in [-0.05, 0) is 42.7 Å². The molecule has 0 radical (unpaired) electrons. The van der Waals surface area contributed by atoms with Gasteiger partial charge in [-0.15, -0.1) is 11.8 Å². The topological polar surface area (TPSA) is 38.3 Å². The molecule has 0 aromatic heterocycles. The molecule has 2 aliphatic rings. The molecule has 24 heavy (non-hydrogen) atoms. The minimum atomic E-state index is 0.0230. The number of nitrogens with one attached hydrogen (secondary N) is 1. The lowest BCUT2D eigenvalue weighted by Crippen LogP contribution is -2.19. The van der Waals surface area contributed by atoms with Crippen molar-refractivity contribution in [3.05, 3.63) is 65.4 Å². The van der Waals surface area contributed by atoms with E-state index in [1.807, 2.05) is 24.3 Å². The van der Waals surface area contributed by atoms with E-state index in [0.29, 0.717) is 6.42 Å². The van der Waals surface area contributed by atoms with Crippen molar-refractivity contribution in [2.24, 2.45) is 0 Å². The van der Waals surface area contributed by atoms with Gasteiger partial charge < -0.3 is 10.1 Å². The average molecular weight is 337 g/mol. The van der Waals surface area contributed by atoms with Crippen molar-refractivity contribution in [2.75, 3.05) is 12.4 Å². The maximum atomic E-state index is 12.7. The van der Waals surface area contributed by atoms with Crippen LogP contribution in [0.2, 0.25) is 0 Å². The lowest BCUT2D eigenvalue weighted by Gasteiger charge is -2.24. The molecule has 0 amide bonds. The molecule has 1 N–H and O–H groups in total. The standard InChI is InChI=1S/C20H19NO2S/c1-23-14-11-9-13(10-12-14)20-19-16(6-4-7-17(19)22)21-15-5-2-3-8-18(15)24-20/h2-3,5,8-12,20-21H,4,6-7H2,1H3/t20-/m1/s1. The SMILES string of the molecule is COc1ccc([C@H]2Sc3ccccc3NC3=C2C(=O)CCC3)cc1. The Hall–Kier alpha value is -2.20. The number of benzene rings is 2. The number of ketones is 1. The predicted molar refractivity (Wildman–Crippen MR) is 97.5 cm³/mol. The van der Waals surface area contributed by atoms with Crippen LogP contribution in [-0.4, -0.2) is 12.9 Å². The molecule has 4 rings (SSSR count). The van der Waals surface area contributed by atoms with E-state index >= 15 is 0 Å². The molecule has 122 valence electrons. The first-order chi connectivity index (χ1) is 11.8. The molecule has 2 aromatic carbocycles. The Bertz CT molecular complexity index is 811. The number of hydrogen-bond acceptors (Lipinski definition) is 4. The first kappa shape index (κ1) is 15.3. The number of rotatable bonds is 2. The van der Waals surface area contributed by atoms with Gasteiger partial charge in [0.2, 0.25) is 0 Å². The van der Waals surface area contributed by atoms with E-state index in [2.05, 4.69) is 29.6 Å². The lowest BCUT2D eigenvalue weighted by molar-refractivity contribution is -0.116. The number of methoxy groups -OCH3 is 1. The van der Waals surface area contributed by atoms with Crippen molar-refractivity contribution in [3.8, 4) is 5.75 Å². The predicted octanol–water partition coefficient (Wildman–Crippen LogP) is 4.96. The second-order valence-corrected chi connectivity index (χ2v) is 7.21. The fraction of sp³-hybridized carbons (Fsp3) is 0.250. The van der Waals surface area contributed by atoms with Gasteiger partial charge in [0.1, 0.15) is 5.75 Å². The highest BCUT2D eigenvalue weighted by Gasteiger charge is 2.32. The summed E-state index contributed by atoms with van der Waals surface area (Å²) in [6, 6.07) is 16.3. The molecule has 0 fully saturated rings. The zero-order valence-corrected chi connectivity index (χ0v) is 14.4. The lowest BCUT2D eigenvalue weighted by atomic mass is 9.89. The Morgan fingerprint density at radius 2 is 1.88 bits per heavy atom. The van der Waals surface area contributed by atoms with Crippen molar-refractivity contribution in [1.82, 2.24) is 0 Å². The van der Waals surface area contributed by atoms with Crippen molar-refractivity contribution in [2.45, 2.75) is 29.4 Å². The van der Waals surface area contributed by atoms with E-state index in [1.165, 1.54) is 4.90 Å². The second-order valence-electron chi connectivity index (χ2n) is 6.06. The third kappa shape index (κ3) is 2.71. The number of fused-ring (bicyclic) bond motifs is 1. The van der Waals surface area contributed by atoms with Crippen molar-refractivity contribution in [3.63, 3.8) is 0 Å². The largest absolute Gasteiger partial charge is 0.497 e. The van der Waals surface area contributed by atoms with Gasteiger partial charge in [-0.1, -0.05) is 24.3 Å². The zero-order chi connectivity index (χ0) is 16.5. The molecule has 4 heteroatoms. The number of Topliss-reactive ketones (excluding diaryl/α,β-unsaturated/α-hetero) is 1. The van der Waals surface area contributed by atoms with Crippen LogP contribution in [0, 0.1) is 0 Å². The smallest absolute Gasteiger partial charge is 0.162 e. The van der Waals surface area contributed by atoms with Crippen LogP contribution in [0.15, 0.2) is 64.7 Å². The van der Waals surface area contributed by atoms with E-state index in [4.69, 9.17) is 4.74 Å². The summed E-state index contributed by atoms with van der Waals surface area (Å²) in [7, 11) is 1.67. The Morgan fingerprint density at radius 1 is 1.08 bits per heavy atom. The summed E-state index contributed by atoms with van der Waals surface area (Å²) in [5.41, 5.74) is 4.26. The maximum absolute atomic E-state index is 12.7. The highest BCUT2D eigenvalue weighted by atomic mass is 32.2. The molecule has 0 saturated carbocycles. The Kier molecular flexibility index (Phi) is 4.07. The zero-order valence-electron chi connectivity index (χ0n) is 13.5. The molecule has 1 aliphatic heterocycles. The molecule has 0 spiro atoms. The van der Waals surface area contributed by atoms with Crippen LogP contribution >= 0.6 is 11.8 Å². The van der Waals surface area contributed by atoms with Crippen LogP contribution in [0.4, 0.5) is 5.69 Å². The number of para-hydroxylation sites is 1. The summed E-state index contributed by atoms with van der Waals surface area (Å²) in [4.78, 5) is 13.9. The van der Waals surface area contributed by atoms with Gasteiger partial charge in [-0.25, -0.2) is 0 Å². The van der Waals surface area contributed by atoms with E-state index in [-0.39, 0.29) is 11.0 Å². The molecule has 2 aromatic rings. The van der Waals surface area contributed by atoms with Gasteiger partial charge in [-0.3, -0.25) is 4.79 Å². The highest BCUT2D eigenvalue weighted by molar-refractivity contribution is 8.00.